The maximum absolute atomic E-state index is 6.78. The van der Waals surface area contributed by atoms with Gasteiger partial charge >= 0.3 is 0 Å². The van der Waals surface area contributed by atoms with E-state index in [2.05, 4.69) is 170 Å². The predicted molar refractivity (Wildman–Crippen MR) is 200 cm³/mol. The fraction of sp³-hybridized carbons (Fsp3) is 0. The van der Waals surface area contributed by atoms with Crippen molar-refractivity contribution >= 4 is 65.0 Å². The first-order valence-electron chi connectivity index (χ1n) is 16.2. The molecule has 10 aromatic rings. The Morgan fingerprint density at radius 2 is 0.809 bits per heavy atom. The Morgan fingerprint density at radius 1 is 0.298 bits per heavy atom. The van der Waals surface area contributed by atoms with Gasteiger partial charge in [-0.2, -0.15) is 0 Å². The van der Waals surface area contributed by atoms with Crippen LogP contribution in [0.2, 0.25) is 0 Å². The molecular weight excluding hydrogens is 569 g/mol. The zero-order chi connectivity index (χ0) is 30.9. The highest BCUT2D eigenvalue weighted by Crippen LogP contribution is 2.46. The molecule has 0 N–H and O–H groups in total. The van der Waals surface area contributed by atoms with E-state index < -0.39 is 0 Å². The van der Waals surface area contributed by atoms with Crippen LogP contribution >= 0.6 is 0 Å². The van der Waals surface area contributed by atoms with Gasteiger partial charge in [0.1, 0.15) is 11.2 Å². The van der Waals surface area contributed by atoms with Crippen molar-refractivity contribution in [2.75, 3.05) is 0 Å². The second-order valence-corrected chi connectivity index (χ2v) is 12.4. The summed E-state index contributed by atoms with van der Waals surface area (Å²) in [6.45, 7) is 0. The van der Waals surface area contributed by atoms with Crippen molar-refractivity contribution in [3.05, 3.63) is 170 Å². The molecule has 47 heavy (non-hydrogen) atoms. The number of hydrogen-bond acceptors (Lipinski definition) is 1. The quantitative estimate of drug-likeness (QED) is 0.185. The molecule has 0 bridgehead atoms. The molecule has 0 saturated carbocycles. The molecule has 218 valence electrons. The lowest BCUT2D eigenvalue weighted by atomic mass is 9.86. The molecule has 0 aliphatic heterocycles. The van der Waals surface area contributed by atoms with Crippen molar-refractivity contribution < 1.29 is 4.42 Å². The molecule has 0 radical (unpaired) electrons. The highest BCUT2D eigenvalue weighted by atomic mass is 16.3. The second-order valence-electron chi connectivity index (χ2n) is 12.4. The molecule has 0 unspecified atom stereocenters. The van der Waals surface area contributed by atoms with E-state index >= 15 is 0 Å². The van der Waals surface area contributed by atoms with Crippen molar-refractivity contribution in [1.29, 1.82) is 0 Å². The Hall–Kier alpha value is -6.18. The Labute approximate surface area is 271 Å². The molecule has 0 atom stereocenters. The Balaban J connectivity index is 1.26. The van der Waals surface area contributed by atoms with Crippen molar-refractivity contribution in [2.45, 2.75) is 0 Å². The molecule has 10 rings (SSSR count). The second kappa shape index (κ2) is 10.2. The van der Waals surface area contributed by atoms with E-state index in [1.54, 1.807) is 0 Å². The van der Waals surface area contributed by atoms with Crippen molar-refractivity contribution in [2.24, 2.45) is 0 Å². The smallest absolute Gasteiger partial charge is 0.143 e. The summed E-state index contributed by atoms with van der Waals surface area (Å²) in [5.41, 5.74) is 9.12. The normalized spacial score (nSPS) is 11.8. The van der Waals surface area contributed by atoms with E-state index in [1.165, 1.54) is 70.9 Å². The van der Waals surface area contributed by atoms with Crippen LogP contribution in [0.5, 0.6) is 0 Å². The topological polar surface area (TPSA) is 13.1 Å². The average molecular weight is 597 g/mol. The summed E-state index contributed by atoms with van der Waals surface area (Å²) < 4.78 is 6.78. The molecule has 1 aromatic heterocycles. The van der Waals surface area contributed by atoms with Crippen molar-refractivity contribution in [3.63, 3.8) is 0 Å². The van der Waals surface area contributed by atoms with E-state index in [4.69, 9.17) is 4.42 Å². The van der Waals surface area contributed by atoms with Gasteiger partial charge in [0.15, 0.2) is 0 Å². The monoisotopic (exact) mass is 596 g/mol. The van der Waals surface area contributed by atoms with E-state index in [0.29, 0.717) is 0 Å². The molecule has 0 fully saturated rings. The fourth-order valence-corrected chi connectivity index (χ4v) is 7.81. The summed E-state index contributed by atoms with van der Waals surface area (Å²) in [5.74, 6) is 0. The van der Waals surface area contributed by atoms with Gasteiger partial charge in [-0.15, -0.1) is 0 Å². The maximum Gasteiger partial charge on any atom is 0.143 e. The molecule has 0 aliphatic rings. The van der Waals surface area contributed by atoms with Crippen LogP contribution < -0.4 is 0 Å². The number of benzene rings is 9. The largest absolute Gasteiger partial charge is 0.455 e. The van der Waals surface area contributed by atoms with Crippen LogP contribution in [-0.4, -0.2) is 0 Å². The van der Waals surface area contributed by atoms with Gasteiger partial charge in [0.05, 0.1) is 0 Å². The van der Waals surface area contributed by atoms with Gasteiger partial charge in [0.2, 0.25) is 0 Å². The van der Waals surface area contributed by atoms with Gasteiger partial charge in [-0.25, -0.2) is 0 Å². The molecule has 1 nitrogen and oxygen atoms in total. The van der Waals surface area contributed by atoms with Crippen molar-refractivity contribution in [1.82, 2.24) is 0 Å². The van der Waals surface area contributed by atoms with E-state index in [0.717, 1.165) is 27.5 Å². The highest BCUT2D eigenvalue weighted by molar-refractivity contribution is 6.23. The summed E-state index contributed by atoms with van der Waals surface area (Å²) in [5, 5.41) is 12.2. The number of rotatable bonds is 3. The lowest BCUT2D eigenvalue weighted by molar-refractivity contribution is 0.670. The third kappa shape index (κ3) is 3.90. The molecule has 0 saturated heterocycles. The average Bonchev–Trinajstić information content (AvgIpc) is 3.51. The van der Waals surface area contributed by atoms with Crippen LogP contribution in [0, 0.1) is 0 Å². The summed E-state index contributed by atoms with van der Waals surface area (Å²) in [4.78, 5) is 0. The van der Waals surface area contributed by atoms with Crippen LogP contribution in [0.3, 0.4) is 0 Å². The minimum absolute atomic E-state index is 0.898. The third-order valence-corrected chi connectivity index (χ3v) is 9.82. The minimum atomic E-state index is 0.898. The van der Waals surface area contributed by atoms with Gasteiger partial charge in [0, 0.05) is 21.9 Å². The Kier molecular flexibility index (Phi) is 5.64. The first-order chi connectivity index (χ1) is 23.3. The minimum Gasteiger partial charge on any atom is -0.455 e. The van der Waals surface area contributed by atoms with Crippen LogP contribution in [0.4, 0.5) is 0 Å². The summed E-state index contributed by atoms with van der Waals surface area (Å²) in [6.07, 6.45) is 0. The zero-order valence-corrected chi connectivity index (χ0v) is 25.6. The lowest BCUT2D eigenvalue weighted by Gasteiger charge is -2.17. The Morgan fingerprint density at radius 3 is 1.43 bits per heavy atom. The van der Waals surface area contributed by atoms with E-state index in [1.807, 2.05) is 0 Å². The number of furan rings is 1. The summed E-state index contributed by atoms with van der Waals surface area (Å²) >= 11 is 0. The number of hydrogen-bond donors (Lipinski definition) is 0. The molecule has 9 aromatic carbocycles. The molecule has 0 amide bonds. The summed E-state index contributed by atoms with van der Waals surface area (Å²) in [7, 11) is 0. The van der Waals surface area contributed by atoms with Crippen molar-refractivity contribution in [3.8, 4) is 33.4 Å². The number of para-hydroxylation sites is 1. The Bertz CT molecular complexity index is 2730. The first-order valence-corrected chi connectivity index (χ1v) is 16.2. The fourth-order valence-electron chi connectivity index (χ4n) is 7.81. The predicted octanol–water partition coefficient (Wildman–Crippen LogP) is 13.2. The van der Waals surface area contributed by atoms with Crippen LogP contribution in [0.15, 0.2) is 174 Å². The zero-order valence-electron chi connectivity index (χ0n) is 25.6. The SMILES string of the molecule is c1ccc(-c2c3ccccc3c(-c3ccc4oc5c(-c6c7ccccc7cc7ccccc67)cccc5c4c3)c3ccccc23)cc1. The van der Waals surface area contributed by atoms with Gasteiger partial charge in [-0.3, -0.25) is 0 Å². The van der Waals surface area contributed by atoms with Gasteiger partial charge in [-0.1, -0.05) is 152 Å². The van der Waals surface area contributed by atoms with Gasteiger partial charge in [-0.05, 0) is 83.5 Å². The first kappa shape index (κ1) is 26.1. The number of fused-ring (bicyclic) bond motifs is 7. The molecule has 1 heterocycles. The van der Waals surface area contributed by atoms with E-state index in [9.17, 15) is 0 Å². The van der Waals surface area contributed by atoms with Crippen LogP contribution in [0.25, 0.3) is 98.4 Å². The molecule has 0 spiro atoms. The standard InChI is InChI=1S/C46H28O/c1-2-13-29(14-3-1)43-35-19-8-10-21-37(35)44(38-22-11-9-20-36(38)43)32-25-26-42-41(28-32)39-23-12-24-40(46(39)47-42)45-33-17-6-4-15-30(33)27-31-16-5-7-18-34(31)45/h1-28H. The molecule has 1 heteroatoms. The maximum atomic E-state index is 6.78. The van der Waals surface area contributed by atoms with Crippen LogP contribution in [-0.2, 0) is 0 Å². The summed E-state index contributed by atoms with van der Waals surface area (Å²) in [6, 6.07) is 61.4. The lowest BCUT2D eigenvalue weighted by Crippen LogP contribution is -1.90. The molecular formula is C46H28O. The van der Waals surface area contributed by atoms with Gasteiger partial charge in [0.25, 0.3) is 0 Å². The third-order valence-electron chi connectivity index (χ3n) is 9.82. The van der Waals surface area contributed by atoms with E-state index in [-0.39, 0.29) is 0 Å². The molecule has 0 aliphatic carbocycles. The highest BCUT2D eigenvalue weighted by Gasteiger charge is 2.20. The van der Waals surface area contributed by atoms with Gasteiger partial charge < -0.3 is 4.42 Å². The van der Waals surface area contributed by atoms with Crippen LogP contribution in [0.1, 0.15) is 0 Å².